The van der Waals surface area contributed by atoms with E-state index < -0.39 is 5.54 Å². The normalized spacial score (nSPS) is 14.6. The van der Waals surface area contributed by atoms with Gasteiger partial charge >= 0.3 is 0 Å². The molecule has 1 N–H and O–H groups in total. The molecule has 132 valence electrons. The van der Waals surface area contributed by atoms with Crippen molar-refractivity contribution in [1.82, 2.24) is 9.78 Å². The van der Waals surface area contributed by atoms with Crippen LogP contribution in [0.1, 0.15) is 45.4 Å². The van der Waals surface area contributed by atoms with Crippen molar-refractivity contribution >= 4 is 22.5 Å². The van der Waals surface area contributed by atoms with Crippen LogP contribution >= 0.6 is 11.6 Å². The lowest BCUT2D eigenvalue weighted by atomic mass is 9.87. The predicted octanol–water partition coefficient (Wildman–Crippen LogP) is 5.13. The van der Waals surface area contributed by atoms with Crippen LogP contribution in [0.3, 0.4) is 0 Å². The summed E-state index contributed by atoms with van der Waals surface area (Å²) < 4.78 is 2.01. The van der Waals surface area contributed by atoms with Crippen LogP contribution in [-0.2, 0) is 11.0 Å². The monoisotopic (exact) mass is 356 g/mol. The zero-order valence-corrected chi connectivity index (χ0v) is 16.0. The van der Waals surface area contributed by atoms with E-state index in [1.54, 1.807) is 0 Å². The fraction of sp³-hybridized carbons (Fsp3) is 0.381. The molecule has 1 unspecified atom stereocenters. The van der Waals surface area contributed by atoms with Gasteiger partial charge in [-0.2, -0.15) is 5.10 Å². The first-order valence-electron chi connectivity index (χ1n) is 8.69. The van der Waals surface area contributed by atoms with Gasteiger partial charge in [0.15, 0.2) is 0 Å². The van der Waals surface area contributed by atoms with Crippen molar-refractivity contribution in [2.75, 3.05) is 6.61 Å². The molecule has 0 amide bonds. The molecule has 1 aromatic heterocycles. The number of nitrogens with zero attached hydrogens (tertiary/aromatic N) is 2. The zero-order valence-electron chi connectivity index (χ0n) is 15.3. The van der Waals surface area contributed by atoms with Crippen LogP contribution in [-0.4, -0.2) is 21.5 Å². The molecule has 3 rings (SSSR count). The summed E-state index contributed by atoms with van der Waals surface area (Å²) in [4.78, 5) is 0. The third-order valence-corrected chi connectivity index (χ3v) is 5.18. The van der Waals surface area contributed by atoms with Gasteiger partial charge in [0.2, 0.25) is 0 Å². The van der Waals surface area contributed by atoms with E-state index in [2.05, 4.69) is 39.8 Å². The van der Waals surface area contributed by atoms with Crippen molar-refractivity contribution in [3.8, 4) is 0 Å². The van der Waals surface area contributed by atoms with Gasteiger partial charge in [-0.1, -0.05) is 69.6 Å². The number of rotatable bonds is 4. The van der Waals surface area contributed by atoms with Gasteiger partial charge in [-0.05, 0) is 30.2 Å². The summed E-state index contributed by atoms with van der Waals surface area (Å²) in [5, 5.41) is 17.2. The Hall–Kier alpha value is -1.84. The summed E-state index contributed by atoms with van der Waals surface area (Å²) in [7, 11) is 0. The van der Waals surface area contributed by atoms with Crippen LogP contribution in [0.4, 0.5) is 0 Å². The van der Waals surface area contributed by atoms with Crippen molar-refractivity contribution in [3.63, 3.8) is 0 Å². The number of hydrogen-bond donors (Lipinski definition) is 1. The molecule has 25 heavy (non-hydrogen) atoms. The first-order chi connectivity index (χ1) is 11.8. The van der Waals surface area contributed by atoms with E-state index in [1.165, 1.54) is 0 Å². The number of aliphatic hydroxyl groups excluding tert-OH is 1. The predicted molar refractivity (Wildman–Crippen MR) is 104 cm³/mol. The Bertz CT molecular complexity index is 871. The van der Waals surface area contributed by atoms with E-state index in [9.17, 15) is 5.11 Å². The SMILES string of the molecule is CCC(CO)(c1ccc(Cl)cc1)n1nc(C(C)(C)C)c2ccccc21. The first-order valence-corrected chi connectivity index (χ1v) is 9.07. The van der Waals surface area contributed by atoms with E-state index in [0.717, 1.165) is 28.6 Å². The third-order valence-electron chi connectivity index (χ3n) is 4.93. The summed E-state index contributed by atoms with van der Waals surface area (Å²) >= 11 is 6.07. The van der Waals surface area contributed by atoms with E-state index in [4.69, 9.17) is 16.7 Å². The van der Waals surface area contributed by atoms with Crippen LogP contribution in [0.2, 0.25) is 5.02 Å². The Balaban J connectivity index is 2.33. The number of halogens is 1. The molecular formula is C21H25ClN2O. The maximum absolute atomic E-state index is 10.4. The Morgan fingerprint density at radius 1 is 1.04 bits per heavy atom. The van der Waals surface area contributed by atoms with Gasteiger partial charge in [0.25, 0.3) is 0 Å². The van der Waals surface area contributed by atoms with E-state index in [-0.39, 0.29) is 12.0 Å². The molecule has 0 bridgehead atoms. The molecule has 0 saturated carbocycles. The van der Waals surface area contributed by atoms with Gasteiger partial charge in [0.1, 0.15) is 5.54 Å². The minimum atomic E-state index is -0.617. The molecule has 2 aromatic carbocycles. The van der Waals surface area contributed by atoms with Crippen LogP contribution < -0.4 is 0 Å². The average molecular weight is 357 g/mol. The number of fused-ring (bicyclic) bond motifs is 1. The van der Waals surface area contributed by atoms with E-state index in [1.807, 2.05) is 41.1 Å². The third kappa shape index (κ3) is 2.96. The molecule has 4 heteroatoms. The number of hydrogen-bond acceptors (Lipinski definition) is 2. The highest BCUT2D eigenvalue weighted by Crippen LogP contribution is 2.37. The van der Waals surface area contributed by atoms with Crippen LogP contribution in [0.15, 0.2) is 48.5 Å². The summed E-state index contributed by atoms with van der Waals surface area (Å²) in [6, 6.07) is 15.9. The Kier molecular flexibility index (Phi) is 4.65. The first kappa shape index (κ1) is 18.0. The Morgan fingerprint density at radius 3 is 2.24 bits per heavy atom. The van der Waals surface area contributed by atoms with Crippen molar-refractivity contribution in [1.29, 1.82) is 0 Å². The topological polar surface area (TPSA) is 38.0 Å². The highest BCUT2D eigenvalue weighted by molar-refractivity contribution is 6.30. The van der Waals surface area contributed by atoms with Gasteiger partial charge in [0.05, 0.1) is 17.8 Å². The van der Waals surface area contributed by atoms with E-state index in [0.29, 0.717) is 5.02 Å². The van der Waals surface area contributed by atoms with Crippen LogP contribution in [0.25, 0.3) is 10.9 Å². The molecule has 0 aliphatic carbocycles. The van der Waals surface area contributed by atoms with Crippen molar-refractivity contribution < 1.29 is 5.11 Å². The summed E-state index contributed by atoms with van der Waals surface area (Å²) in [5.74, 6) is 0. The lowest BCUT2D eigenvalue weighted by Crippen LogP contribution is -2.39. The molecule has 3 nitrogen and oxygen atoms in total. The quantitative estimate of drug-likeness (QED) is 0.703. The highest BCUT2D eigenvalue weighted by atomic mass is 35.5. The summed E-state index contributed by atoms with van der Waals surface area (Å²) in [6.07, 6.45) is 0.723. The summed E-state index contributed by atoms with van der Waals surface area (Å²) in [6.45, 7) is 8.56. The number of para-hydroxylation sites is 1. The molecule has 0 aliphatic rings. The van der Waals surface area contributed by atoms with E-state index >= 15 is 0 Å². The highest BCUT2D eigenvalue weighted by Gasteiger charge is 2.36. The molecule has 1 heterocycles. The van der Waals surface area contributed by atoms with Crippen LogP contribution in [0, 0.1) is 0 Å². The lowest BCUT2D eigenvalue weighted by molar-refractivity contribution is 0.152. The fourth-order valence-corrected chi connectivity index (χ4v) is 3.58. The lowest BCUT2D eigenvalue weighted by Gasteiger charge is -2.33. The van der Waals surface area contributed by atoms with Gasteiger partial charge < -0.3 is 5.11 Å². The molecule has 0 fully saturated rings. The Morgan fingerprint density at radius 2 is 1.68 bits per heavy atom. The van der Waals surface area contributed by atoms with Gasteiger partial charge in [-0.3, -0.25) is 4.68 Å². The van der Waals surface area contributed by atoms with Crippen molar-refractivity contribution in [3.05, 3.63) is 64.8 Å². The average Bonchev–Trinajstić information content (AvgIpc) is 2.99. The standard InChI is InChI=1S/C21H25ClN2O/c1-5-21(14-25,15-10-12-16(22)13-11-15)24-18-9-7-6-8-17(18)19(23-24)20(2,3)4/h6-13,25H,5,14H2,1-4H3. The van der Waals surface area contributed by atoms with Gasteiger partial charge in [-0.15, -0.1) is 0 Å². The second kappa shape index (κ2) is 6.47. The number of aliphatic hydroxyl groups is 1. The maximum Gasteiger partial charge on any atom is 0.111 e. The largest absolute Gasteiger partial charge is 0.393 e. The fourth-order valence-electron chi connectivity index (χ4n) is 3.45. The van der Waals surface area contributed by atoms with Crippen LogP contribution in [0.5, 0.6) is 0 Å². The number of benzene rings is 2. The second-order valence-electron chi connectivity index (χ2n) is 7.58. The molecule has 0 spiro atoms. The van der Waals surface area contributed by atoms with Gasteiger partial charge in [-0.25, -0.2) is 0 Å². The smallest absolute Gasteiger partial charge is 0.111 e. The molecular weight excluding hydrogens is 332 g/mol. The minimum Gasteiger partial charge on any atom is -0.393 e. The molecule has 0 radical (unpaired) electrons. The minimum absolute atomic E-state index is 0.0274. The van der Waals surface area contributed by atoms with Crippen molar-refractivity contribution in [2.45, 2.75) is 45.1 Å². The number of aromatic nitrogens is 2. The molecule has 1 atom stereocenters. The molecule has 0 saturated heterocycles. The van der Waals surface area contributed by atoms with Gasteiger partial charge in [0, 0.05) is 15.8 Å². The van der Waals surface area contributed by atoms with Crippen molar-refractivity contribution in [2.24, 2.45) is 0 Å². The summed E-state index contributed by atoms with van der Waals surface area (Å²) in [5.41, 5.74) is 2.39. The second-order valence-corrected chi connectivity index (χ2v) is 8.01. The maximum atomic E-state index is 10.4. The zero-order chi connectivity index (χ0) is 18.2. The Labute approximate surface area is 154 Å². The molecule has 0 aliphatic heterocycles. The molecule has 3 aromatic rings.